The van der Waals surface area contributed by atoms with Crippen molar-refractivity contribution in [3.05, 3.63) is 0 Å². The van der Waals surface area contributed by atoms with E-state index in [4.69, 9.17) is 0 Å². The van der Waals surface area contributed by atoms with Crippen molar-refractivity contribution in [3.8, 4) is 0 Å². The summed E-state index contributed by atoms with van der Waals surface area (Å²) in [4.78, 5) is 0. The van der Waals surface area contributed by atoms with Gasteiger partial charge < -0.3 is 0 Å². The average Bonchev–Trinajstić information content (AvgIpc) is 2.30. The van der Waals surface area contributed by atoms with Crippen molar-refractivity contribution in [1.29, 1.82) is 0 Å². The van der Waals surface area contributed by atoms with Crippen molar-refractivity contribution in [2.45, 2.75) is 66.2 Å². The molecule has 0 aromatic carbocycles. The van der Waals surface area contributed by atoms with E-state index in [0.717, 1.165) is 0 Å². The van der Waals surface area contributed by atoms with Crippen molar-refractivity contribution in [3.63, 3.8) is 0 Å². The van der Waals surface area contributed by atoms with Crippen LogP contribution in [-0.2, 0) is 0 Å². The standard InChI is InChI=1S/C14H32BrP/c1-5-9-11-13-16(15,7-3,8-4)14-12-10-6-2/h5-14H2,1-4H3. The summed E-state index contributed by atoms with van der Waals surface area (Å²) in [5.41, 5.74) is 0. The Bertz CT molecular complexity index is 162. The van der Waals surface area contributed by atoms with Crippen LogP contribution in [0.15, 0.2) is 0 Å². The molecule has 0 saturated heterocycles. The van der Waals surface area contributed by atoms with Crippen LogP contribution in [0.5, 0.6) is 0 Å². The van der Waals surface area contributed by atoms with E-state index in [1.807, 2.05) is 0 Å². The van der Waals surface area contributed by atoms with E-state index in [-0.39, 0.29) is 0 Å². The number of unbranched alkanes of at least 4 members (excludes halogenated alkanes) is 4. The van der Waals surface area contributed by atoms with Gasteiger partial charge in [-0.2, -0.15) is 0 Å². The summed E-state index contributed by atoms with van der Waals surface area (Å²) in [5, 5.41) is -1.48. The number of hydrogen-bond donors (Lipinski definition) is 0. The van der Waals surface area contributed by atoms with Gasteiger partial charge in [0.1, 0.15) is 0 Å². The minimum atomic E-state index is -1.48. The quantitative estimate of drug-likeness (QED) is 0.329. The van der Waals surface area contributed by atoms with Crippen LogP contribution in [0.1, 0.15) is 66.2 Å². The average molecular weight is 311 g/mol. The third kappa shape index (κ3) is 5.50. The van der Waals surface area contributed by atoms with E-state index in [1.54, 1.807) is 0 Å². The van der Waals surface area contributed by atoms with Crippen LogP contribution >= 0.6 is 20.8 Å². The van der Waals surface area contributed by atoms with Gasteiger partial charge >= 0.3 is 112 Å². The van der Waals surface area contributed by atoms with Crippen molar-refractivity contribution in [2.75, 3.05) is 24.6 Å². The Morgan fingerprint density at radius 3 is 1.31 bits per heavy atom. The summed E-state index contributed by atoms with van der Waals surface area (Å²) >= 11 is 4.28. The molecule has 2 heteroatoms. The molecule has 0 unspecified atom stereocenters. The van der Waals surface area contributed by atoms with Crippen molar-refractivity contribution >= 4 is 20.8 Å². The van der Waals surface area contributed by atoms with Gasteiger partial charge in [0.15, 0.2) is 0 Å². The Morgan fingerprint density at radius 1 is 0.688 bits per heavy atom. The molecule has 0 aromatic rings. The normalized spacial score (nSPS) is 14.7. The fraction of sp³-hybridized carbons (Fsp3) is 1.00. The number of hydrogen-bond acceptors (Lipinski definition) is 0. The SMILES string of the molecule is CCCCCP(Br)(CC)(CC)CCCCC. The Kier molecular flexibility index (Phi) is 8.55. The third-order valence-corrected chi connectivity index (χ3v) is 15.4. The van der Waals surface area contributed by atoms with Gasteiger partial charge in [-0.3, -0.25) is 0 Å². The van der Waals surface area contributed by atoms with E-state index >= 15 is 0 Å². The third-order valence-electron chi connectivity index (χ3n) is 4.22. The van der Waals surface area contributed by atoms with Crippen LogP contribution in [-0.4, -0.2) is 24.6 Å². The molecule has 0 rings (SSSR count). The van der Waals surface area contributed by atoms with Crippen LogP contribution in [0.25, 0.3) is 0 Å². The molecule has 16 heavy (non-hydrogen) atoms. The van der Waals surface area contributed by atoms with Gasteiger partial charge in [0, 0.05) is 0 Å². The van der Waals surface area contributed by atoms with Gasteiger partial charge in [-0.25, -0.2) is 0 Å². The van der Waals surface area contributed by atoms with Crippen LogP contribution in [0.3, 0.4) is 0 Å². The first-order valence-corrected chi connectivity index (χ1v) is 12.3. The maximum absolute atomic E-state index is 4.28. The van der Waals surface area contributed by atoms with Gasteiger partial charge in [0.25, 0.3) is 0 Å². The summed E-state index contributed by atoms with van der Waals surface area (Å²) in [6, 6.07) is 0. The van der Waals surface area contributed by atoms with Gasteiger partial charge in [0.05, 0.1) is 0 Å². The molecule has 0 atom stereocenters. The predicted octanol–water partition coefficient (Wildman–Crippen LogP) is 6.27. The van der Waals surface area contributed by atoms with Gasteiger partial charge in [-0.1, -0.05) is 0 Å². The maximum atomic E-state index is 4.28. The summed E-state index contributed by atoms with van der Waals surface area (Å²) in [6.45, 7) is 9.43. The molecule has 0 heterocycles. The summed E-state index contributed by atoms with van der Waals surface area (Å²) in [6.07, 6.45) is 14.2. The fourth-order valence-corrected chi connectivity index (χ4v) is 7.95. The van der Waals surface area contributed by atoms with Crippen molar-refractivity contribution in [2.24, 2.45) is 0 Å². The topological polar surface area (TPSA) is 0 Å². The molecule has 0 aromatic heterocycles. The predicted molar refractivity (Wildman–Crippen MR) is 85.7 cm³/mol. The number of halogens is 1. The molecule has 0 bridgehead atoms. The van der Waals surface area contributed by atoms with Gasteiger partial charge in [-0.15, -0.1) is 0 Å². The van der Waals surface area contributed by atoms with Crippen molar-refractivity contribution < 1.29 is 0 Å². The zero-order chi connectivity index (χ0) is 12.5. The van der Waals surface area contributed by atoms with Gasteiger partial charge in [-0.05, 0) is 0 Å². The molecule has 0 amide bonds. The van der Waals surface area contributed by atoms with Crippen molar-refractivity contribution in [1.82, 2.24) is 0 Å². The first kappa shape index (κ1) is 16.9. The Hall–Kier alpha value is 0.910. The zero-order valence-electron chi connectivity index (χ0n) is 11.9. The summed E-state index contributed by atoms with van der Waals surface area (Å²) in [5.74, 6) is 0. The molecule has 0 radical (unpaired) electrons. The monoisotopic (exact) mass is 310 g/mol. The van der Waals surface area contributed by atoms with Crippen LogP contribution in [0.4, 0.5) is 0 Å². The second kappa shape index (κ2) is 8.09. The molecule has 100 valence electrons. The molecule has 0 fully saturated rings. The van der Waals surface area contributed by atoms with E-state index in [1.165, 1.54) is 63.2 Å². The van der Waals surface area contributed by atoms with E-state index in [9.17, 15) is 0 Å². The number of rotatable bonds is 10. The van der Waals surface area contributed by atoms with E-state index in [0.29, 0.717) is 0 Å². The molecule has 0 aliphatic rings. The second-order valence-electron chi connectivity index (χ2n) is 5.31. The fourth-order valence-electron chi connectivity index (χ4n) is 2.48. The first-order chi connectivity index (χ1) is 7.54. The molecule has 0 aliphatic heterocycles. The van der Waals surface area contributed by atoms with Gasteiger partial charge in [0.2, 0.25) is 0 Å². The molecular formula is C14H32BrP. The molecule has 0 saturated carbocycles. The molecule has 0 nitrogen and oxygen atoms in total. The Balaban J connectivity index is 4.35. The Morgan fingerprint density at radius 2 is 1.06 bits per heavy atom. The van der Waals surface area contributed by atoms with E-state index in [2.05, 4.69) is 43.2 Å². The minimum absolute atomic E-state index is 1.35. The second-order valence-corrected chi connectivity index (χ2v) is 17.1. The molecular weight excluding hydrogens is 279 g/mol. The molecule has 0 aliphatic carbocycles. The molecule has 0 spiro atoms. The Labute approximate surface area is 112 Å². The van der Waals surface area contributed by atoms with E-state index < -0.39 is 5.31 Å². The summed E-state index contributed by atoms with van der Waals surface area (Å²) < 4.78 is 0. The van der Waals surface area contributed by atoms with Crippen LogP contribution in [0.2, 0.25) is 0 Å². The zero-order valence-corrected chi connectivity index (χ0v) is 14.4. The van der Waals surface area contributed by atoms with Crippen LogP contribution in [0, 0.1) is 0 Å². The first-order valence-electron chi connectivity index (χ1n) is 7.26. The molecule has 0 N–H and O–H groups in total. The van der Waals surface area contributed by atoms with Crippen LogP contribution < -0.4 is 0 Å². The summed E-state index contributed by atoms with van der Waals surface area (Å²) in [7, 11) is 0.